The maximum absolute atomic E-state index is 12.5. The molecule has 3 aromatic rings. The van der Waals surface area contributed by atoms with Gasteiger partial charge in [-0.05, 0) is 24.3 Å². The lowest BCUT2D eigenvalue weighted by Crippen LogP contribution is -2.15. The second-order valence-corrected chi connectivity index (χ2v) is 5.91. The van der Waals surface area contributed by atoms with Gasteiger partial charge in [0.25, 0.3) is 0 Å². The highest BCUT2D eigenvalue weighted by molar-refractivity contribution is 6.01. The van der Waals surface area contributed by atoms with Crippen LogP contribution in [0.5, 0.6) is 11.5 Å². The minimum Gasteiger partial charge on any atom is -0.493 e. The number of esters is 1. The Morgan fingerprint density at radius 1 is 0.964 bits per heavy atom. The van der Waals surface area contributed by atoms with Gasteiger partial charge in [-0.15, -0.1) is 0 Å². The first kappa shape index (κ1) is 19.4. The molecule has 1 aromatic heterocycles. The minimum atomic E-state index is -0.725. The molecular weight excluding hydrogens is 364 g/mol. The van der Waals surface area contributed by atoms with Crippen LogP contribution in [0, 0.1) is 0 Å². The smallest absolute Gasteiger partial charge is 0.375 e. The van der Waals surface area contributed by atoms with E-state index in [9.17, 15) is 9.59 Å². The van der Waals surface area contributed by atoms with E-state index < -0.39 is 12.6 Å². The summed E-state index contributed by atoms with van der Waals surface area (Å²) in [6.07, 6.45) is 0. The van der Waals surface area contributed by atoms with Crippen LogP contribution >= 0.6 is 0 Å². The molecule has 0 N–H and O–H groups in total. The zero-order valence-corrected chi connectivity index (χ0v) is 15.8. The second kappa shape index (κ2) is 8.58. The molecule has 0 bridgehead atoms. The molecule has 0 amide bonds. The normalized spacial score (nSPS) is 10.7. The Kier molecular flexibility index (Phi) is 5.96. The summed E-state index contributed by atoms with van der Waals surface area (Å²) in [5, 5.41) is 0.766. The SMILES string of the molecule is COCc1c(C(=O)OCC(=O)c2ccc(OC)c(OC)c2)oc2ccccc12. The van der Waals surface area contributed by atoms with E-state index in [1.165, 1.54) is 27.4 Å². The molecule has 1 heterocycles. The predicted molar refractivity (Wildman–Crippen MR) is 101 cm³/mol. The molecule has 0 spiro atoms. The number of ketones is 1. The number of para-hydroxylation sites is 1. The van der Waals surface area contributed by atoms with Gasteiger partial charge in [0.2, 0.25) is 5.76 Å². The highest BCUT2D eigenvalue weighted by Crippen LogP contribution is 2.29. The van der Waals surface area contributed by atoms with Crippen molar-refractivity contribution < 1.29 is 33.0 Å². The summed E-state index contributed by atoms with van der Waals surface area (Å²) < 4.78 is 26.3. The van der Waals surface area contributed by atoms with E-state index in [-0.39, 0.29) is 18.2 Å². The van der Waals surface area contributed by atoms with Gasteiger partial charge in [-0.2, -0.15) is 0 Å². The van der Waals surface area contributed by atoms with Gasteiger partial charge in [0.1, 0.15) is 5.58 Å². The monoisotopic (exact) mass is 384 g/mol. The van der Waals surface area contributed by atoms with Crippen molar-refractivity contribution >= 4 is 22.7 Å². The average molecular weight is 384 g/mol. The molecule has 0 radical (unpaired) electrons. The topological polar surface area (TPSA) is 84.2 Å². The molecule has 28 heavy (non-hydrogen) atoms. The Hall–Kier alpha value is -3.32. The Morgan fingerprint density at radius 3 is 2.43 bits per heavy atom. The quantitative estimate of drug-likeness (QED) is 0.433. The Morgan fingerprint density at radius 2 is 1.71 bits per heavy atom. The zero-order valence-electron chi connectivity index (χ0n) is 15.8. The maximum atomic E-state index is 12.5. The summed E-state index contributed by atoms with van der Waals surface area (Å²) in [5.74, 6) is -0.152. The third kappa shape index (κ3) is 3.84. The van der Waals surface area contributed by atoms with E-state index in [0.717, 1.165) is 5.39 Å². The lowest BCUT2D eigenvalue weighted by molar-refractivity contribution is 0.0441. The molecule has 2 aromatic carbocycles. The second-order valence-electron chi connectivity index (χ2n) is 5.91. The molecule has 0 aliphatic rings. The molecule has 7 nitrogen and oxygen atoms in total. The van der Waals surface area contributed by atoms with E-state index in [1.807, 2.05) is 12.1 Å². The fourth-order valence-corrected chi connectivity index (χ4v) is 2.84. The number of carbonyl (C=O) groups excluding carboxylic acids is 2. The van der Waals surface area contributed by atoms with Gasteiger partial charge in [0.15, 0.2) is 23.9 Å². The first-order valence-corrected chi connectivity index (χ1v) is 8.50. The van der Waals surface area contributed by atoms with E-state index >= 15 is 0 Å². The molecular formula is C21H20O7. The number of ether oxygens (including phenoxy) is 4. The highest BCUT2D eigenvalue weighted by atomic mass is 16.5. The molecule has 0 atom stereocenters. The molecule has 0 aliphatic carbocycles. The molecule has 0 fully saturated rings. The Bertz CT molecular complexity index is 1000. The number of rotatable bonds is 8. The van der Waals surface area contributed by atoms with Crippen molar-refractivity contribution in [3.63, 3.8) is 0 Å². The molecule has 0 saturated heterocycles. The first-order valence-electron chi connectivity index (χ1n) is 8.50. The average Bonchev–Trinajstić information content (AvgIpc) is 3.10. The van der Waals surface area contributed by atoms with E-state index in [2.05, 4.69) is 0 Å². The van der Waals surface area contributed by atoms with Gasteiger partial charge < -0.3 is 23.4 Å². The molecule has 0 unspecified atom stereocenters. The standard InChI is InChI=1S/C21H20O7/c1-24-11-15-14-6-4-5-7-17(14)28-20(15)21(23)27-12-16(22)13-8-9-18(25-2)19(10-13)26-3/h4-10H,11-12H2,1-3H3. The Labute approximate surface area is 161 Å². The summed E-state index contributed by atoms with van der Waals surface area (Å²) in [6.45, 7) is -0.247. The van der Waals surface area contributed by atoms with E-state index in [4.69, 9.17) is 23.4 Å². The lowest BCUT2D eigenvalue weighted by atomic mass is 10.1. The van der Waals surface area contributed by atoms with Crippen LogP contribution in [-0.2, 0) is 16.1 Å². The van der Waals surface area contributed by atoms with Crippen molar-refractivity contribution in [1.29, 1.82) is 0 Å². The third-order valence-corrected chi connectivity index (χ3v) is 4.21. The molecule has 0 saturated carbocycles. The number of hydrogen-bond acceptors (Lipinski definition) is 7. The first-order chi connectivity index (χ1) is 13.6. The summed E-state index contributed by atoms with van der Waals surface area (Å²) in [5.41, 5.74) is 1.47. The van der Waals surface area contributed by atoms with Gasteiger partial charge in [0.05, 0.1) is 20.8 Å². The van der Waals surface area contributed by atoms with E-state index in [1.54, 1.807) is 24.3 Å². The van der Waals surface area contributed by atoms with Crippen LogP contribution in [0.25, 0.3) is 11.0 Å². The molecule has 146 valence electrons. The summed E-state index contributed by atoms with van der Waals surface area (Å²) >= 11 is 0. The van der Waals surface area contributed by atoms with Gasteiger partial charge in [0, 0.05) is 23.6 Å². The van der Waals surface area contributed by atoms with Crippen LogP contribution in [-0.4, -0.2) is 39.7 Å². The number of carbonyl (C=O) groups is 2. The largest absolute Gasteiger partial charge is 0.493 e. The molecule has 0 aliphatic heterocycles. The fourth-order valence-electron chi connectivity index (χ4n) is 2.84. The van der Waals surface area contributed by atoms with Crippen molar-refractivity contribution in [2.24, 2.45) is 0 Å². The zero-order chi connectivity index (χ0) is 20.1. The fraction of sp³-hybridized carbons (Fsp3) is 0.238. The number of benzene rings is 2. The lowest BCUT2D eigenvalue weighted by Gasteiger charge is -2.09. The number of methoxy groups -OCH3 is 3. The van der Waals surface area contributed by atoms with Gasteiger partial charge in [-0.3, -0.25) is 4.79 Å². The number of hydrogen-bond donors (Lipinski definition) is 0. The predicted octanol–water partition coefficient (Wildman–Crippen LogP) is 3.64. The number of fused-ring (bicyclic) bond motifs is 1. The van der Waals surface area contributed by atoms with Crippen molar-refractivity contribution in [2.75, 3.05) is 27.9 Å². The minimum absolute atomic E-state index is 0.0307. The number of Topliss-reactive ketones (excluding diaryl/α,β-unsaturated/α-hetero) is 1. The van der Waals surface area contributed by atoms with Crippen LogP contribution < -0.4 is 9.47 Å². The highest BCUT2D eigenvalue weighted by Gasteiger charge is 2.23. The van der Waals surface area contributed by atoms with Gasteiger partial charge >= 0.3 is 5.97 Å². The van der Waals surface area contributed by atoms with Crippen LogP contribution in [0.15, 0.2) is 46.9 Å². The summed E-state index contributed by atoms with van der Waals surface area (Å²) in [7, 11) is 4.51. The van der Waals surface area contributed by atoms with Crippen LogP contribution in [0.1, 0.15) is 26.5 Å². The summed E-state index contributed by atoms with van der Waals surface area (Å²) in [6, 6.07) is 12.0. The van der Waals surface area contributed by atoms with Crippen LogP contribution in [0.2, 0.25) is 0 Å². The molecule has 7 heteroatoms. The van der Waals surface area contributed by atoms with Crippen molar-refractivity contribution in [3.05, 3.63) is 59.4 Å². The van der Waals surface area contributed by atoms with Crippen LogP contribution in [0.3, 0.4) is 0 Å². The molecule has 3 rings (SSSR count). The van der Waals surface area contributed by atoms with Crippen LogP contribution in [0.4, 0.5) is 0 Å². The van der Waals surface area contributed by atoms with Gasteiger partial charge in [-0.1, -0.05) is 18.2 Å². The third-order valence-electron chi connectivity index (χ3n) is 4.21. The maximum Gasteiger partial charge on any atom is 0.375 e. The Balaban J connectivity index is 1.76. The van der Waals surface area contributed by atoms with Gasteiger partial charge in [-0.25, -0.2) is 4.79 Å². The van der Waals surface area contributed by atoms with Crippen molar-refractivity contribution in [3.8, 4) is 11.5 Å². The summed E-state index contributed by atoms with van der Waals surface area (Å²) in [4.78, 5) is 24.9. The number of furan rings is 1. The van der Waals surface area contributed by atoms with E-state index in [0.29, 0.717) is 28.2 Å². The van der Waals surface area contributed by atoms with Crippen molar-refractivity contribution in [1.82, 2.24) is 0 Å². The van der Waals surface area contributed by atoms with Crippen molar-refractivity contribution in [2.45, 2.75) is 6.61 Å².